The van der Waals surface area contributed by atoms with Crippen molar-refractivity contribution in [2.75, 3.05) is 16.8 Å². The zero-order valence-corrected chi connectivity index (χ0v) is 24.6. The number of aromatic nitrogens is 1. The molecule has 0 unspecified atom stereocenters. The van der Waals surface area contributed by atoms with Crippen LogP contribution < -0.4 is 9.80 Å². The molecule has 0 bridgehead atoms. The number of hydrogen-bond acceptors (Lipinski definition) is 3. The normalized spacial score (nSPS) is 10.9. The molecule has 0 aliphatic heterocycles. The Labute approximate surface area is 249 Å². The summed E-state index contributed by atoms with van der Waals surface area (Å²) in [5.41, 5.74) is 13.1. The Hall–Kier alpha value is -5.15. The Morgan fingerprint density at radius 1 is 0.476 bits per heavy atom. The van der Waals surface area contributed by atoms with Crippen LogP contribution in [0.1, 0.15) is 16.7 Å². The van der Waals surface area contributed by atoms with E-state index in [4.69, 9.17) is 0 Å². The van der Waals surface area contributed by atoms with Crippen LogP contribution in [0.25, 0.3) is 22.3 Å². The second-order valence-corrected chi connectivity index (χ2v) is 10.9. The van der Waals surface area contributed by atoms with Crippen molar-refractivity contribution < 1.29 is 0 Å². The van der Waals surface area contributed by atoms with Gasteiger partial charge < -0.3 is 9.80 Å². The topological polar surface area (TPSA) is 19.4 Å². The van der Waals surface area contributed by atoms with Gasteiger partial charge in [0.2, 0.25) is 0 Å². The first-order chi connectivity index (χ1) is 20.5. The molecule has 0 radical (unpaired) electrons. The van der Waals surface area contributed by atoms with Gasteiger partial charge >= 0.3 is 0 Å². The summed E-state index contributed by atoms with van der Waals surface area (Å²) in [6.07, 6.45) is 1.82. The van der Waals surface area contributed by atoms with Gasteiger partial charge in [-0.1, -0.05) is 90.0 Å². The lowest BCUT2D eigenvalue weighted by Gasteiger charge is -2.27. The summed E-state index contributed by atoms with van der Waals surface area (Å²) in [5.74, 6) is 0.924. The number of hydrogen-bond donors (Lipinski definition) is 0. The quantitative estimate of drug-likeness (QED) is 0.199. The lowest BCUT2D eigenvalue weighted by molar-refractivity contribution is 1.13. The summed E-state index contributed by atoms with van der Waals surface area (Å²) in [6.45, 7) is 6.46. The highest BCUT2D eigenvalue weighted by Gasteiger charge is 2.15. The van der Waals surface area contributed by atoms with Crippen molar-refractivity contribution in [2.24, 2.45) is 0 Å². The minimum atomic E-state index is 0.924. The molecule has 1 heterocycles. The van der Waals surface area contributed by atoms with E-state index >= 15 is 0 Å². The molecule has 0 saturated carbocycles. The van der Waals surface area contributed by atoms with E-state index in [1.165, 1.54) is 44.6 Å². The largest absolute Gasteiger partial charge is 0.329 e. The predicted octanol–water partition coefficient (Wildman–Crippen LogP) is 10.6. The van der Waals surface area contributed by atoms with Crippen molar-refractivity contribution in [2.45, 2.75) is 20.8 Å². The molecule has 0 fully saturated rings. The molecule has 0 amide bonds. The van der Waals surface area contributed by atoms with Crippen molar-refractivity contribution in [1.82, 2.24) is 4.98 Å². The van der Waals surface area contributed by atoms with E-state index < -0.39 is 0 Å². The summed E-state index contributed by atoms with van der Waals surface area (Å²) < 4.78 is 0. The third-order valence-electron chi connectivity index (χ3n) is 7.81. The van der Waals surface area contributed by atoms with E-state index in [1.807, 2.05) is 31.4 Å². The summed E-state index contributed by atoms with van der Waals surface area (Å²) in [5, 5.41) is 0. The summed E-state index contributed by atoms with van der Waals surface area (Å²) in [6, 6.07) is 47.7. The summed E-state index contributed by atoms with van der Waals surface area (Å²) in [7, 11) is 2.04. The second kappa shape index (κ2) is 11.8. The summed E-state index contributed by atoms with van der Waals surface area (Å²) in [4.78, 5) is 8.91. The molecular formula is C39H35N3. The van der Waals surface area contributed by atoms with Crippen LogP contribution in [0.4, 0.5) is 28.6 Å². The molecule has 3 heteroatoms. The first kappa shape index (κ1) is 27.0. The fraction of sp³-hybridized carbons (Fsp3) is 0.103. The highest BCUT2D eigenvalue weighted by molar-refractivity contribution is 5.81. The maximum absolute atomic E-state index is 4.47. The lowest BCUT2D eigenvalue weighted by atomic mass is 10.0. The van der Waals surface area contributed by atoms with Gasteiger partial charge in [0.05, 0.1) is 0 Å². The molecule has 0 N–H and O–H groups in total. The van der Waals surface area contributed by atoms with Crippen LogP contribution in [0.2, 0.25) is 0 Å². The molecular weight excluding hydrogens is 510 g/mol. The zero-order valence-electron chi connectivity index (χ0n) is 24.6. The average molecular weight is 546 g/mol. The number of anilines is 5. The van der Waals surface area contributed by atoms with E-state index in [0.717, 1.165) is 22.9 Å². The van der Waals surface area contributed by atoms with E-state index in [9.17, 15) is 0 Å². The molecule has 0 spiro atoms. The minimum absolute atomic E-state index is 0.924. The second-order valence-electron chi connectivity index (χ2n) is 10.9. The molecule has 0 aliphatic rings. The van der Waals surface area contributed by atoms with Gasteiger partial charge in [0.1, 0.15) is 5.82 Å². The Morgan fingerprint density at radius 2 is 0.952 bits per heavy atom. The smallest absolute Gasteiger partial charge is 0.132 e. The molecule has 3 nitrogen and oxygen atoms in total. The fourth-order valence-corrected chi connectivity index (χ4v) is 5.40. The maximum Gasteiger partial charge on any atom is 0.132 e. The third-order valence-corrected chi connectivity index (χ3v) is 7.81. The standard InChI is InChI=1S/C39H35N3/c1-28-8-11-31(12-9-28)33-15-21-36(22-16-33)42(38-25-10-29(2)27-30(38)3)37-23-17-34(18-24-37)32-13-19-35(20-14-32)41(4)39-7-5-6-26-40-39/h5-27H,1-4H3. The minimum Gasteiger partial charge on any atom is -0.329 e. The molecule has 0 saturated heterocycles. The molecule has 6 rings (SSSR count). The number of pyridine rings is 1. The highest BCUT2D eigenvalue weighted by atomic mass is 15.2. The van der Waals surface area contributed by atoms with Crippen LogP contribution >= 0.6 is 0 Å². The number of benzene rings is 5. The Bertz CT molecular complexity index is 1770. The van der Waals surface area contributed by atoms with Crippen molar-refractivity contribution in [3.05, 3.63) is 156 Å². The molecule has 42 heavy (non-hydrogen) atoms. The average Bonchev–Trinajstić information content (AvgIpc) is 3.03. The van der Waals surface area contributed by atoms with Gasteiger partial charge in [-0.2, -0.15) is 0 Å². The molecule has 0 atom stereocenters. The van der Waals surface area contributed by atoms with Gasteiger partial charge in [0, 0.05) is 36.0 Å². The van der Waals surface area contributed by atoms with Gasteiger partial charge in [-0.3, -0.25) is 0 Å². The van der Waals surface area contributed by atoms with Crippen LogP contribution in [-0.2, 0) is 0 Å². The van der Waals surface area contributed by atoms with Crippen LogP contribution in [0.3, 0.4) is 0 Å². The molecule has 0 aliphatic carbocycles. The molecule has 5 aromatic carbocycles. The molecule has 1 aromatic heterocycles. The first-order valence-electron chi connectivity index (χ1n) is 14.4. The van der Waals surface area contributed by atoms with Crippen LogP contribution in [0.5, 0.6) is 0 Å². The van der Waals surface area contributed by atoms with E-state index in [0.29, 0.717) is 0 Å². The maximum atomic E-state index is 4.47. The lowest BCUT2D eigenvalue weighted by Crippen LogP contribution is -2.11. The van der Waals surface area contributed by atoms with E-state index in [1.54, 1.807) is 0 Å². The Morgan fingerprint density at radius 3 is 1.43 bits per heavy atom. The highest BCUT2D eigenvalue weighted by Crippen LogP contribution is 2.38. The summed E-state index contributed by atoms with van der Waals surface area (Å²) >= 11 is 0. The fourth-order valence-electron chi connectivity index (χ4n) is 5.40. The van der Waals surface area contributed by atoms with Gasteiger partial charge in [-0.05, 0) is 103 Å². The van der Waals surface area contributed by atoms with Crippen LogP contribution in [0.15, 0.2) is 140 Å². The number of aryl methyl sites for hydroxylation is 3. The number of rotatable bonds is 7. The monoisotopic (exact) mass is 545 g/mol. The first-order valence-corrected chi connectivity index (χ1v) is 14.4. The Kier molecular flexibility index (Phi) is 7.57. The van der Waals surface area contributed by atoms with Gasteiger partial charge in [0.25, 0.3) is 0 Å². The van der Waals surface area contributed by atoms with Gasteiger partial charge in [0.15, 0.2) is 0 Å². The van der Waals surface area contributed by atoms with Crippen molar-refractivity contribution >= 4 is 28.6 Å². The van der Waals surface area contributed by atoms with Crippen LogP contribution in [0, 0.1) is 20.8 Å². The molecule has 206 valence electrons. The van der Waals surface area contributed by atoms with Gasteiger partial charge in [-0.25, -0.2) is 4.98 Å². The van der Waals surface area contributed by atoms with E-state index in [2.05, 4.69) is 151 Å². The zero-order chi connectivity index (χ0) is 29.1. The SMILES string of the molecule is Cc1ccc(-c2ccc(N(c3ccc(-c4ccc(N(C)c5ccccn5)cc4)cc3)c3ccc(C)cc3C)cc2)cc1. The predicted molar refractivity (Wildman–Crippen MR) is 179 cm³/mol. The van der Waals surface area contributed by atoms with Crippen molar-refractivity contribution in [3.8, 4) is 22.3 Å². The van der Waals surface area contributed by atoms with Crippen molar-refractivity contribution in [1.29, 1.82) is 0 Å². The van der Waals surface area contributed by atoms with Crippen molar-refractivity contribution in [3.63, 3.8) is 0 Å². The van der Waals surface area contributed by atoms with Gasteiger partial charge in [-0.15, -0.1) is 0 Å². The van der Waals surface area contributed by atoms with E-state index in [-0.39, 0.29) is 0 Å². The van der Waals surface area contributed by atoms with Crippen LogP contribution in [-0.4, -0.2) is 12.0 Å². The molecule has 6 aromatic rings. The Balaban J connectivity index is 1.31. The number of nitrogens with zero attached hydrogens (tertiary/aromatic N) is 3. The third kappa shape index (κ3) is 5.68.